The Bertz CT molecular complexity index is 583. The zero-order chi connectivity index (χ0) is 26.7. The fourth-order valence-electron chi connectivity index (χ4n) is 4.92. The molecule has 35 heavy (non-hydrogen) atoms. The van der Waals surface area contributed by atoms with Crippen molar-refractivity contribution < 1.29 is 34.2 Å². The standard InChI is InChI=1S/C28H51NO6/c1-5-6-7-8-9-10-11-12-13-14-15-16-17-18-19-20-21-22-29(23(2)26(30)31,24(3)27(32)33)25(4)28(34)35/h20-21,23-25H,5-19,22H2,1-4H3,(H2-,30,31,32,33,34,35)/b21-20+. The van der Waals surface area contributed by atoms with Crippen LogP contribution in [0.3, 0.4) is 0 Å². The summed E-state index contributed by atoms with van der Waals surface area (Å²) < 4.78 is -0.623. The second kappa shape index (κ2) is 19.3. The van der Waals surface area contributed by atoms with Crippen LogP contribution in [0.2, 0.25) is 0 Å². The van der Waals surface area contributed by atoms with Gasteiger partial charge in [-0.05, 0) is 39.7 Å². The van der Waals surface area contributed by atoms with E-state index in [4.69, 9.17) is 0 Å². The van der Waals surface area contributed by atoms with Gasteiger partial charge in [0.05, 0.1) is 12.5 Å². The number of allylic oxidation sites excluding steroid dienone is 1. The smallest absolute Gasteiger partial charge is 0.362 e. The predicted molar refractivity (Wildman–Crippen MR) is 138 cm³/mol. The molecular formula is C28H51NO6. The Labute approximate surface area is 213 Å². The molecule has 0 radical (unpaired) electrons. The summed E-state index contributed by atoms with van der Waals surface area (Å²) in [6, 6.07) is -3.70. The first-order valence-corrected chi connectivity index (χ1v) is 13.8. The van der Waals surface area contributed by atoms with Crippen molar-refractivity contribution in [2.75, 3.05) is 6.54 Å². The molecule has 0 saturated heterocycles. The van der Waals surface area contributed by atoms with Crippen LogP contribution in [-0.4, -0.2) is 57.3 Å². The summed E-state index contributed by atoms with van der Waals surface area (Å²) in [5.41, 5.74) is 0. The molecule has 0 aliphatic heterocycles. The molecule has 0 saturated carbocycles. The summed E-state index contributed by atoms with van der Waals surface area (Å²) in [5.74, 6) is -3.91. The second-order valence-electron chi connectivity index (χ2n) is 10.1. The lowest BCUT2D eigenvalue weighted by Gasteiger charge is -2.48. The van der Waals surface area contributed by atoms with Crippen LogP contribution < -0.4 is 5.11 Å². The van der Waals surface area contributed by atoms with Crippen LogP contribution in [0.25, 0.3) is 0 Å². The molecule has 0 aliphatic rings. The average molecular weight is 498 g/mol. The molecule has 7 heteroatoms. The van der Waals surface area contributed by atoms with E-state index < -0.39 is 40.5 Å². The van der Waals surface area contributed by atoms with Gasteiger partial charge in [0.25, 0.3) is 0 Å². The summed E-state index contributed by atoms with van der Waals surface area (Å²) in [5, 5.41) is 30.8. The molecule has 0 aromatic heterocycles. The molecular weight excluding hydrogens is 446 g/mol. The molecule has 0 amide bonds. The number of hydrogen-bond acceptors (Lipinski definition) is 4. The van der Waals surface area contributed by atoms with Crippen LogP contribution in [0, 0.1) is 0 Å². The number of quaternary nitrogens is 1. The number of hydrogen-bond donors (Lipinski definition) is 2. The molecule has 0 bridgehead atoms. The minimum absolute atomic E-state index is 0.00861. The highest BCUT2D eigenvalue weighted by Crippen LogP contribution is 2.26. The Morgan fingerprint density at radius 1 is 0.657 bits per heavy atom. The molecule has 3 unspecified atom stereocenters. The van der Waals surface area contributed by atoms with Crippen molar-refractivity contribution >= 4 is 17.9 Å². The number of unbranched alkanes of at least 4 members (excludes halogenated alkanes) is 14. The Hall–Kier alpha value is -1.89. The third kappa shape index (κ3) is 12.6. The number of carboxylic acids is 3. The summed E-state index contributed by atoms with van der Waals surface area (Å²) >= 11 is 0. The summed E-state index contributed by atoms with van der Waals surface area (Å²) in [6.45, 7) is 6.31. The summed E-state index contributed by atoms with van der Waals surface area (Å²) in [7, 11) is 0. The highest BCUT2D eigenvalue weighted by Gasteiger charge is 2.50. The van der Waals surface area contributed by atoms with Gasteiger partial charge in [0.2, 0.25) is 0 Å². The second-order valence-corrected chi connectivity index (χ2v) is 10.1. The van der Waals surface area contributed by atoms with Crippen molar-refractivity contribution in [2.45, 2.75) is 142 Å². The largest absolute Gasteiger partial charge is 0.544 e. The number of carbonyl (C=O) groups is 3. The molecule has 0 heterocycles. The molecule has 0 fully saturated rings. The lowest BCUT2D eigenvalue weighted by Crippen LogP contribution is -2.71. The van der Waals surface area contributed by atoms with Crippen molar-refractivity contribution in [3.8, 4) is 0 Å². The van der Waals surface area contributed by atoms with E-state index in [1.54, 1.807) is 6.08 Å². The van der Waals surface area contributed by atoms with Crippen LogP contribution in [0.4, 0.5) is 0 Å². The first-order chi connectivity index (χ1) is 16.6. The maximum atomic E-state index is 11.7. The van der Waals surface area contributed by atoms with Crippen molar-refractivity contribution in [1.82, 2.24) is 0 Å². The Morgan fingerprint density at radius 2 is 1.03 bits per heavy atom. The van der Waals surface area contributed by atoms with E-state index in [9.17, 15) is 29.7 Å². The predicted octanol–water partition coefficient (Wildman–Crippen LogP) is 5.32. The lowest BCUT2D eigenvalue weighted by atomic mass is 10.0. The molecule has 0 aliphatic carbocycles. The average Bonchev–Trinajstić information content (AvgIpc) is 2.82. The maximum Gasteiger partial charge on any atom is 0.362 e. The molecule has 204 valence electrons. The molecule has 0 aromatic rings. The van der Waals surface area contributed by atoms with Gasteiger partial charge < -0.3 is 20.1 Å². The van der Waals surface area contributed by atoms with Gasteiger partial charge >= 0.3 is 11.9 Å². The van der Waals surface area contributed by atoms with Crippen molar-refractivity contribution in [3.05, 3.63) is 12.2 Å². The third-order valence-electron chi connectivity index (χ3n) is 7.53. The van der Waals surface area contributed by atoms with Gasteiger partial charge in [0.15, 0.2) is 12.1 Å². The highest BCUT2D eigenvalue weighted by molar-refractivity contribution is 5.77. The molecule has 0 rings (SSSR count). The Morgan fingerprint density at radius 3 is 1.37 bits per heavy atom. The van der Waals surface area contributed by atoms with Gasteiger partial charge in [-0.25, -0.2) is 9.59 Å². The van der Waals surface area contributed by atoms with Crippen LogP contribution in [0.5, 0.6) is 0 Å². The minimum Gasteiger partial charge on any atom is -0.544 e. The van der Waals surface area contributed by atoms with Gasteiger partial charge in [-0.3, -0.25) is 4.48 Å². The van der Waals surface area contributed by atoms with Gasteiger partial charge in [-0.15, -0.1) is 0 Å². The fourth-order valence-corrected chi connectivity index (χ4v) is 4.92. The third-order valence-corrected chi connectivity index (χ3v) is 7.53. The molecule has 3 atom stereocenters. The highest BCUT2D eigenvalue weighted by atomic mass is 16.4. The Balaban J connectivity index is 4.35. The van der Waals surface area contributed by atoms with Crippen molar-refractivity contribution in [2.24, 2.45) is 0 Å². The normalized spacial score (nSPS) is 16.0. The molecule has 2 N–H and O–H groups in total. The van der Waals surface area contributed by atoms with Crippen LogP contribution in [-0.2, 0) is 14.4 Å². The van der Waals surface area contributed by atoms with E-state index >= 15 is 0 Å². The maximum absolute atomic E-state index is 11.7. The van der Waals surface area contributed by atoms with E-state index in [0.29, 0.717) is 0 Å². The first-order valence-electron chi connectivity index (χ1n) is 13.8. The van der Waals surface area contributed by atoms with Gasteiger partial charge in [-0.2, -0.15) is 0 Å². The van der Waals surface area contributed by atoms with E-state index in [1.807, 2.05) is 6.08 Å². The quantitative estimate of drug-likeness (QED) is 0.112. The topological polar surface area (TPSA) is 115 Å². The number of rotatable bonds is 23. The van der Waals surface area contributed by atoms with E-state index in [1.165, 1.54) is 97.8 Å². The van der Waals surface area contributed by atoms with E-state index in [0.717, 1.165) is 19.3 Å². The van der Waals surface area contributed by atoms with Crippen molar-refractivity contribution in [3.63, 3.8) is 0 Å². The van der Waals surface area contributed by atoms with E-state index in [2.05, 4.69) is 6.92 Å². The van der Waals surface area contributed by atoms with Crippen LogP contribution in [0.1, 0.15) is 124 Å². The lowest BCUT2D eigenvalue weighted by molar-refractivity contribution is -0.964. The number of carbonyl (C=O) groups excluding carboxylic acids is 1. The Kier molecular flexibility index (Phi) is 18.3. The zero-order valence-corrected chi connectivity index (χ0v) is 22.7. The summed E-state index contributed by atoms with van der Waals surface area (Å²) in [4.78, 5) is 35.1. The number of aliphatic carboxylic acids is 3. The molecule has 0 spiro atoms. The zero-order valence-electron chi connectivity index (χ0n) is 22.7. The summed E-state index contributed by atoms with van der Waals surface area (Å²) in [6.07, 6.45) is 22.5. The number of carboxylic acid groups (broad SMARTS) is 3. The van der Waals surface area contributed by atoms with E-state index in [-0.39, 0.29) is 6.54 Å². The minimum atomic E-state index is -1.45. The number of nitrogens with zero attached hydrogens (tertiary/aromatic N) is 1. The monoisotopic (exact) mass is 497 g/mol. The first kappa shape index (κ1) is 33.1. The SMILES string of the molecule is CCCCCCCCCCCCCCCC/C=C/C[N+](C(C)C(=O)[O-])(C(C)C(=O)O)C(C)C(=O)O. The van der Waals surface area contributed by atoms with Gasteiger partial charge in [-0.1, -0.05) is 96.5 Å². The van der Waals surface area contributed by atoms with Crippen molar-refractivity contribution in [1.29, 1.82) is 0 Å². The van der Waals surface area contributed by atoms with Gasteiger partial charge in [0.1, 0.15) is 6.04 Å². The van der Waals surface area contributed by atoms with Crippen LogP contribution in [0.15, 0.2) is 12.2 Å². The van der Waals surface area contributed by atoms with Crippen LogP contribution >= 0.6 is 0 Å². The molecule has 0 aromatic carbocycles. The van der Waals surface area contributed by atoms with Gasteiger partial charge in [0, 0.05) is 0 Å². The fraction of sp³-hybridized carbons (Fsp3) is 0.821. The molecule has 7 nitrogen and oxygen atoms in total.